The topological polar surface area (TPSA) is 40.5 Å². The van der Waals surface area contributed by atoms with Crippen LogP contribution < -0.4 is 0 Å². The number of methoxy groups -OCH3 is 1. The number of halogens is 1. The minimum absolute atomic E-state index is 0.341. The molecule has 0 bridgehead atoms. The number of carbonyl (C=O) groups excluding carboxylic acids is 1. The van der Waals surface area contributed by atoms with Crippen LogP contribution in [0.2, 0.25) is 5.02 Å². The lowest BCUT2D eigenvalue weighted by Gasteiger charge is -2.07. The van der Waals surface area contributed by atoms with Crippen molar-refractivity contribution >= 4 is 17.6 Å². The molecule has 0 aliphatic heterocycles. The average Bonchev–Trinajstić information content (AvgIpc) is 2.90. The molecule has 1 aromatic heterocycles. The molecule has 0 radical (unpaired) electrons. The standard InChI is InChI=1S/C16H18ClNO3/c1-3-21-16(19)15-10-12(11-18(15)8-9-20-2)13-6-4-5-7-14(13)17/h4-7,10-11H,3,8-9H2,1-2H3. The molecule has 0 saturated heterocycles. The van der Waals surface area contributed by atoms with Crippen molar-refractivity contribution in [2.24, 2.45) is 0 Å². The first kappa shape index (κ1) is 15.6. The van der Waals surface area contributed by atoms with E-state index < -0.39 is 0 Å². The summed E-state index contributed by atoms with van der Waals surface area (Å²) < 4.78 is 12.0. The Bertz CT molecular complexity index is 622. The number of hydrogen-bond acceptors (Lipinski definition) is 3. The van der Waals surface area contributed by atoms with Gasteiger partial charge < -0.3 is 14.0 Å². The van der Waals surface area contributed by atoms with Crippen molar-refractivity contribution in [3.8, 4) is 11.1 Å². The summed E-state index contributed by atoms with van der Waals surface area (Å²) in [6, 6.07) is 9.34. The van der Waals surface area contributed by atoms with Crippen LogP contribution in [-0.4, -0.2) is 30.9 Å². The molecule has 112 valence electrons. The molecule has 1 aromatic carbocycles. The molecule has 0 unspecified atom stereocenters. The molecular formula is C16H18ClNO3. The summed E-state index contributed by atoms with van der Waals surface area (Å²) in [6.07, 6.45) is 1.90. The van der Waals surface area contributed by atoms with Crippen LogP contribution in [0, 0.1) is 0 Å². The first-order chi connectivity index (χ1) is 10.2. The van der Waals surface area contributed by atoms with Crippen LogP contribution in [0.5, 0.6) is 0 Å². The molecule has 4 nitrogen and oxygen atoms in total. The van der Waals surface area contributed by atoms with E-state index in [1.807, 2.05) is 35.0 Å². The monoisotopic (exact) mass is 307 g/mol. The van der Waals surface area contributed by atoms with E-state index in [1.165, 1.54) is 0 Å². The summed E-state index contributed by atoms with van der Waals surface area (Å²) in [6.45, 7) is 3.23. The van der Waals surface area contributed by atoms with E-state index in [0.717, 1.165) is 11.1 Å². The molecule has 0 amide bonds. The van der Waals surface area contributed by atoms with Crippen LogP contribution in [0.1, 0.15) is 17.4 Å². The third-order valence-corrected chi connectivity index (χ3v) is 3.43. The van der Waals surface area contributed by atoms with Gasteiger partial charge in [-0.3, -0.25) is 0 Å². The lowest BCUT2D eigenvalue weighted by molar-refractivity contribution is 0.0511. The van der Waals surface area contributed by atoms with E-state index in [1.54, 1.807) is 20.1 Å². The molecule has 2 rings (SSSR count). The van der Waals surface area contributed by atoms with Crippen LogP contribution in [0.15, 0.2) is 36.5 Å². The maximum Gasteiger partial charge on any atom is 0.354 e. The van der Waals surface area contributed by atoms with Crippen molar-refractivity contribution in [2.45, 2.75) is 13.5 Å². The Balaban J connectivity index is 2.40. The third kappa shape index (κ3) is 3.65. The maximum absolute atomic E-state index is 12.0. The van der Waals surface area contributed by atoms with Gasteiger partial charge in [-0.15, -0.1) is 0 Å². The predicted octanol–water partition coefficient (Wildman–Crippen LogP) is 3.63. The first-order valence-electron chi connectivity index (χ1n) is 6.78. The van der Waals surface area contributed by atoms with E-state index in [2.05, 4.69) is 0 Å². The van der Waals surface area contributed by atoms with Crippen molar-refractivity contribution in [2.75, 3.05) is 20.3 Å². The van der Waals surface area contributed by atoms with Crippen LogP contribution >= 0.6 is 11.6 Å². The average molecular weight is 308 g/mol. The minimum atomic E-state index is -0.341. The van der Waals surface area contributed by atoms with Gasteiger partial charge in [0.05, 0.1) is 13.2 Å². The maximum atomic E-state index is 12.0. The molecule has 0 aliphatic carbocycles. The van der Waals surface area contributed by atoms with Gasteiger partial charge >= 0.3 is 5.97 Å². The third-order valence-electron chi connectivity index (χ3n) is 3.10. The fourth-order valence-electron chi connectivity index (χ4n) is 2.10. The Morgan fingerprint density at radius 3 is 2.76 bits per heavy atom. The molecule has 0 N–H and O–H groups in total. The number of esters is 1. The zero-order valence-corrected chi connectivity index (χ0v) is 12.9. The van der Waals surface area contributed by atoms with Gasteiger partial charge in [0, 0.05) is 36.0 Å². The molecule has 0 atom stereocenters. The summed E-state index contributed by atoms with van der Waals surface area (Å²) in [7, 11) is 1.63. The van der Waals surface area contributed by atoms with E-state index in [4.69, 9.17) is 21.1 Å². The Morgan fingerprint density at radius 1 is 1.33 bits per heavy atom. The fraction of sp³-hybridized carbons (Fsp3) is 0.312. The second-order valence-electron chi connectivity index (χ2n) is 4.50. The molecule has 1 heterocycles. The number of carbonyl (C=O) groups is 1. The number of hydrogen-bond donors (Lipinski definition) is 0. The quantitative estimate of drug-likeness (QED) is 0.765. The molecule has 21 heavy (non-hydrogen) atoms. The molecule has 5 heteroatoms. The van der Waals surface area contributed by atoms with Crippen molar-refractivity contribution in [3.63, 3.8) is 0 Å². The van der Waals surface area contributed by atoms with Gasteiger partial charge in [0.1, 0.15) is 5.69 Å². The number of nitrogens with zero attached hydrogens (tertiary/aromatic N) is 1. The van der Waals surface area contributed by atoms with Gasteiger partial charge in [-0.2, -0.15) is 0 Å². The Labute approximate surface area is 129 Å². The Hall–Kier alpha value is -1.78. The largest absolute Gasteiger partial charge is 0.461 e. The second kappa shape index (κ2) is 7.29. The van der Waals surface area contributed by atoms with Gasteiger partial charge in [0.2, 0.25) is 0 Å². The van der Waals surface area contributed by atoms with Gasteiger partial charge in [-0.25, -0.2) is 4.79 Å². The SMILES string of the molecule is CCOC(=O)c1cc(-c2ccccc2Cl)cn1CCOC. The second-order valence-corrected chi connectivity index (χ2v) is 4.91. The van der Waals surface area contributed by atoms with E-state index >= 15 is 0 Å². The molecule has 0 saturated carbocycles. The Kier molecular flexibility index (Phi) is 5.42. The molecule has 0 aliphatic rings. The van der Waals surface area contributed by atoms with E-state index in [-0.39, 0.29) is 5.97 Å². The van der Waals surface area contributed by atoms with Gasteiger partial charge in [0.15, 0.2) is 0 Å². The fourth-order valence-corrected chi connectivity index (χ4v) is 2.35. The zero-order chi connectivity index (χ0) is 15.2. The molecule has 0 fully saturated rings. The number of aromatic nitrogens is 1. The number of benzene rings is 1. The van der Waals surface area contributed by atoms with Crippen LogP contribution in [0.25, 0.3) is 11.1 Å². The summed E-state index contributed by atoms with van der Waals surface area (Å²) >= 11 is 6.22. The minimum Gasteiger partial charge on any atom is -0.461 e. The summed E-state index contributed by atoms with van der Waals surface area (Å²) in [5, 5.41) is 0.650. The highest BCUT2D eigenvalue weighted by atomic mass is 35.5. The van der Waals surface area contributed by atoms with Gasteiger partial charge in [-0.1, -0.05) is 29.8 Å². The van der Waals surface area contributed by atoms with Gasteiger partial charge in [-0.05, 0) is 19.1 Å². The highest BCUT2D eigenvalue weighted by Crippen LogP contribution is 2.29. The van der Waals surface area contributed by atoms with Crippen LogP contribution in [0.4, 0.5) is 0 Å². The smallest absolute Gasteiger partial charge is 0.354 e. The normalized spacial score (nSPS) is 10.6. The first-order valence-corrected chi connectivity index (χ1v) is 7.16. The summed E-state index contributed by atoms with van der Waals surface area (Å²) in [5.74, 6) is -0.341. The predicted molar refractivity (Wildman–Crippen MR) is 82.7 cm³/mol. The highest BCUT2D eigenvalue weighted by Gasteiger charge is 2.16. The van der Waals surface area contributed by atoms with Crippen LogP contribution in [-0.2, 0) is 16.0 Å². The summed E-state index contributed by atoms with van der Waals surface area (Å²) in [4.78, 5) is 12.0. The zero-order valence-electron chi connectivity index (χ0n) is 12.1. The van der Waals surface area contributed by atoms with E-state index in [0.29, 0.717) is 30.5 Å². The van der Waals surface area contributed by atoms with Crippen molar-refractivity contribution in [1.82, 2.24) is 4.57 Å². The Morgan fingerprint density at radius 2 is 2.10 bits per heavy atom. The van der Waals surface area contributed by atoms with Gasteiger partial charge in [0.25, 0.3) is 0 Å². The van der Waals surface area contributed by atoms with Crippen molar-refractivity contribution < 1.29 is 14.3 Å². The lowest BCUT2D eigenvalue weighted by atomic mass is 10.1. The van der Waals surface area contributed by atoms with Crippen molar-refractivity contribution in [1.29, 1.82) is 0 Å². The molecular weight excluding hydrogens is 290 g/mol. The molecule has 2 aromatic rings. The van der Waals surface area contributed by atoms with Crippen LogP contribution in [0.3, 0.4) is 0 Å². The number of ether oxygens (including phenoxy) is 2. The highest BCUT2D eigenvalue weighted by molar-refractivity contribution is 6.33. The number of rotatable bonds is 6. The summed E-state index contributed by atoms with van der Waals surface area (Å²) in [5.41, 5.74) is 2.28. The van der Waals surface area contributed by atoms with E-state index in [9.17, 15) is 4.79 Å². The molecule has 0 spiro atoms. The van der Waals surface area contributed by atoms with Crippen molar-refractivity contribution in [3.05, 3.63) is 47.2 Å². The lowest BCUT2D eigenvalue weighted by Crippen LogP contribution is -2.13.